The molecule has 2 aliphatic rings. The van der Waals surface area contributed by atoms with Gasteiger partial charge in [0, 0.05) is 35.7 Å². The zero-order chi connectivity index (χ0) is 29.1. The van der Waals surface area contributed by atoms with Crippen molar-refractivity contribution in [3.63, 3.8) is 0 Å². The largest absolute Gasteiger partial charge is 0.434 e. The number of likely N-dealkylation sites (tertiary alicyclic amines) is 1. The summed E-state index contributed by atoms with van der Waals surface area (Å²) in [5.41, 5.74) is 1.46. The van der Waals surface area contributed by atoms with Crippen LogP contribution < -0.4 is 10.1 Å². The van der Waals surface area contributed by atoms with Crippen LogP contribution in [0.25, 0.3) is 10.9 Å². The fourth-order valence-electron chi connectivity index (χ4n) is 5.95. The van der Waals surface area contributed by atoms with Crippen LogP contribution in [0.15, 0.2) is 54.6 Å². The number of ketones is 1. The number of Topliss-reactive ketones (excluding diaryl/α,β-unsaturated/α-hetero) is 1. The molecule has 0 spiro atoms. The first kappa shape index (κ1) is 28.2. The number of aromatic amines is 1. The van der Waals surface area contributed by atoms with Gasteiger partial charge in [-0.3, -0.25) is 14.4 Å². The normalized spacial score (nSPS) is 22.1. The van der Waals surface area contributed by atoms with Crippen LogP contribution in [0.3, 0.4) is 0 Å². The van der Waals surface area contributed by atoms with Gasteiger partial charge in [-0.05, 0) is 49.4 Å². The summed E-state index contributed by atoms with van der Waals surface area (Å²) < 4.78 is 30.5. The first-order chi connectivity index (χ1) is 19.7. The predicted octanol–water partition coefficient (Wildman–Crippen LogP) is 3.90. The molecular formula is C30H30F2N4O5. The Labute approximate surface area is 235 Å². The zero-order valence-electron chi connectivity index (χ0n) is 22.1. The number of nitrogens with zero attached hydrogens (tertiary/aromatic N) is 2. The van der Waals surface area contributed by atoms with Crippen LogP contribution in [0.1, 0.15) is 54.1 Å². The molecule has 2 amide bonds. The van der Waals surface area contributed by atoms with Gasteiger partial charge in [0.25, 0.3) is 5.91 Å². The lowest BCUT2D eigenvalue weighted by Crippen LogP contribution is -2.52. The smallest absolute Gasteiger partial charge is 0.387 e. The number of carbonyl (C=O) groups excluding carboxylic acids is 3. The van der Waals surface area contributed by atoms with Crippen LogP contribution in [-0.4, -0.2) is 63.9 Å². The van der Waals surface area contributed by atoms with Gasteiger partial charge in [-0.25, -0.2) is 0 Å². The van der Waals surface area contributed by atoms with E-state index >= 15 is 0 Å². The number of rotatable bonds is 9. The Morgan fingerprint density at radius 3 is 2.66 bits per heavy atom. The van der Waals surface area contributed by atoms with Crippen molar-refractivity contribution in [2.75, 3.05) is 6.54 Å². The van der Waals surface area contributed by atoms with Gasteiger partial charge >= 0.3 is 6.61 Å². The lowest BCUT2D eigenvalue weighted by molar-refractivity contribution is -0.127. The van der Waals surface area contributed by atoms with Crippen molar-refractivity contribution in [2.24, 2.45) is 5.92 Å². The monoisotopic (exact) mass is 564 g/mol. The number of nitriles is 1. The Balaban J connectivity index is 1.42. The quantitative estimate of drug-likeness (QED) is 0.338. The van der Waals surface area contributed by atoms with Crippen molar-refractivity contribution in [1.29, 1.82) is 5.26 Å². The van der Waals surface area contributed by atoms with Crippen molar-refractivity contribution in [3.8, 4) is 11.8 Å². The SMILES string of the molecule is N#CC(O)C(CC1CCCC1=O)NC(=O)C1CC(c2ccccc2)CN1C(=O)c1cc2c(OC(F)F)cccc2[nH]1. The van der Waals surface area contributed by atoms with Gasteiger partial charge in [0.15, 0.2) is 6.10 Å². The number of H-pyrrole nitrogens is 1. The van der Waals surface area contributed by atoms with Crippen LogP contribution in [0, 0.1) is 17.2 Å². The summed E-state index contributed by atoms with van der Waals surface area (Å²) in [6.07, 6.45) is 0.698. The van der Waals surface area contributed by atoms with Crippen LogP contribution in [0.2, 0.25) is 0 Å². The second kappa shape index (κ2) is 12.1. The molecule has 2 fully saturated rings. The molecule has 0 radical (unpaired) electrons. The maximum Gasteiger partial charge on any atom is 0.387 e. The topological polar surface area (TPSA) is 136 Å². The number of aromatic nitrogens is 1. The highest BCUT2D eigenvalue weighted by Gasteiger charge is 2.42. The third kappa shape index (κ3) is 6.07. The van der Waals surface area contributed by atoms with E-state index in [0.29, 0.717) is 30.2 Å². The average Bonchev–Trinajstić information content (AvgIpc) is 3.71. The average molecular weight is 565 g/mol. The van der Waals surface area contributed by atoms with Gasteiger partial charge in [-0.2, -0.15) is 14.0 Å². The molecule has 5 atom stereocenters. The molecule has 3 aromatic rings. The minimum atomic E-state index is -3.04. The number of ether oxygens (including phenoxy) is 1. The van der Waals surface area contributed by atoms with Crippen molar-refractivity contribution >= 4 is 28.5 Å². The number of amides is 2. The van der Waals surface area contributed by atoms with Crippen molar-refractivity contribution < 1.29 is 33.0 Å². The first-order valence-corrected chi connectivity index (χ1v) is 13.6. The van der Waals surface area contributed by atoms with E-state index in [1.165, 1.54) is 23.1 Å². The van der Waals surface area contributed by atoms with Gasteiger partial charge in [0.05, 0.1) is 12.1 Å². The minimum Gasteiger partial charge on any atom is -0.434 e. The molecule has 5 unspecified atom stereocenters. The number of halogens is 2. The molecule has 0 bridgehead atoms. The molecule has 2 heterocycles. The van der Waals surface area contributed by atoms with Gasteiger partial charge < -0.3 is 25.0 Å². The Hall–Kier alpha value is -4.30. The molecule has 5 rings (SSSR count). The maximum absolute atomic E-state index is 13.8. The van der Waals surface area contributed by atoms with E-state index in [0.717, 1.165) is 12.0 Å². The number of benzene rings is 2. The summed E-state index contributed by atoms with van der Waals surface area (Å²) in [6.45, 7) is -2.83. The molecule has 1 aromatic heterocycles. The number of alkyl halides is 2. The highest BCUT2D eigenvalue weighted by atomic mass is 19.3. The number of aliphatic hydroxyl groups excluding tert-OH is 1. The number of nitrogens with one attached hydrogen (secondary N) is 2. The molecule has 3 N–H and O–H groups in total. The number of hydrogen-bond donors (Lipinski definition) is 3. The van der Waals surface area contributed by atoms with E-state index in [1.54, 1.807) is 12.1 Å². The van der Waals surface area contributed by atoms with Crippen LogP contribution in [0.4, 0.5) is 8.78 Å². The molecule has 1 saturated carbocycles. The van der Waals surface area contributed by atoms with Crippen molar-refractivity contribution in [2.45, 2.75) is 62.8 Å². The van der Waals surface area contributed by atoms with Crippen LogP contribution in [-0.2, 0) is 9.59 Å². The summed E-state index contributed by atoms with van der Waals surface area (Å²) >= 11 is 0. The predicted molar refractivity (Wildman–Crippen MR) is 144 cm³/mol. The molecule has 214 valence electrons. The third-order valence-electron chi connectivity index (χ3n) is 8.02. The Kier molecular flexibility index (Phi) is 8.31. The van der Waals surface area contributed by atoms with Gasteiger partial charge in [-0.1, -0.05) is 36.4 Å². The number of aliphatic hydroxyl groups is 1. The van der Waals surface area contributed by atoms with Crippen molar-refractivity contribution in [1.82, 2.24) is 15.2 Å². The minimum absolute atomic E-state index is 0.0465. The Morgan fingerprint density at radius 2 is 1.98 bits per heavy atom. The molecule has 2 aromatic carbocycles. The zero-order valence-corrected chi connectivity index (χ0v) is 22.1. The molecule has 1 aliphatic heterocycles. The maximum atomic E-state index is 13.8. The summed E-state index contributed by atoms with van der Waals surface area (Å²) in [6, 6.07) is 15.2. The Morgan fingerprint density at radius 1 is 1.20 bits per heavy atom. The second-order valence-electron chi connectivity index (χ2n) is 10.6. The van der Waals surface area contributed by atoms with Crippen molar-refractivity contribution in [3.05, 3.63) is 65.9 Å². The van der Waals surface area contributed by atoms with E-state index in [1.807, 2.05) is 30.3 Å². The summed E-state index contributed by atoms with van der Waals surface area (Å²) in [4.78, 5) is 44.1. The van der Waals surface area contributed by atoms with Gasteiger partial charge in [0.2, 0.25) is 5.91 Å². The second-order valence-corrected chi connectivity index (χ2v) is 10.6. The van der Waals surface area contributed by atoms with Gasteiger partial charge in [0.1, 0.15) is 23.3 Å². The number of carbonyl (C=O) groups is 3. The summed E-state index contributed by atoms with van der Waals surface area (Å²) in [5.74, 6) is -1.61. The molecule has 9 nitrogen and oxygen atoms in total. The lowest BCUT2D eigenvalue weighted by Gasteiger charge is -2.28. The standard InChI is InChI=1S/C30H30F2N4O5/c31-30(32)41-27-11-5-9-21-20(27)14-23(34-21)29(40)36-16-19(17-6-2-1-3-7-17)13-24(36)28(39)35-22(26(38)15-33)12-18-8-4-10-25(18)37/h1-3,5-7,9,11,14,18-19,22,24,26,30,34,38H,4,8,10,12-13,16H2,(H,35,39). The lowest BCUT2D eigenvalue weighted by atomic mass is 9.93. The van der Waals surface area contributed by atoms with Gasteiger partial charge in [-0.15, -0.1) is 0 Å². The molecule has 41 heavy (non-hydrogen) atoms. The van der Waals surface area contributed by atoms with Crippen LogP contribution in [0.5, 0.6) is 5.75 Å². The fourth-order valence-corrected chi connectivity index (χ4v) is 5.95. The fraction of sp³-hybridized carbons (Fsp3) is 0.400. The Bertz CT molecular complexity index is 1470. The van der Waals surface area contributed by atoms with E-state index < -0.39 is 36.6 Å². The highest BCUT2D eigenvalue weighted by molar-refractivity contribution is 6.02. The summed E-state index contributed by atoms with van der Waals surface area (Å²) in [7, 11) is 0. The molecule has 11 heteroatoms. The van der Waals surface area contributed by atoms with E-state index in [2.05, 4.69) is 15.0 Å². The third-order valence-corrected chi connectivity index (χ3v) is 8.02. The molecule has 1 saturated heterocycles. The van der Waals surface area contributed by atoms with E-state index in [4.69, 9.17) is 0 Å². The summed E-state index contributed by atoms with van der Waals surface area (Å²) in [5, 5.41) is 22.8. The molecular weight excluding hydrogens is 534 g/mol. The number of hydrogen-bond acceptors (Lipinski definition) is 6. The highest BCUT2D eigenvalue weighted by Crippen LogP contribution is 2.35. The number of fused-ring (bicyclic) bond motifs is 1. The van der Waals surface area contributed by atoms with E-state index in [9.17, 15) is 33.5 Å². The van der Waals surface area contributed by atoms with Crippen LogP contribution >= 0.6 is 0 Å². The van der Waals surface area contributed by atoms with E-state index in [-0.39, 0.29) is 42.0 Å². The first-order valence-electron chi connectivity index (χ1n) is 13.6. The molecule has 1 aliphatic carbocycles.